The number of aliphatic hydroxyl groups is 1. The van der Waals surface area contributed by atoms with Crippen LogP contribution >= 0.6 is 0 Å². The van der Waals surface area contributed by atoms with Gasteiger partial charge in [0.2, 0.25) is 0 Å². The minimum Gasteiger partial charge on any atom is -0.392 e. The number of likely N-dealkylation sites (N-methyl/N-ethyl adjacent to an activating group) is 1. The van der Waals surface area contributed by atoms with Crippen molar-refractivity contribution in [2.75, 3.05) is 27.2 Å². The number of aliphatic hydroxyl groups excluding tert-OH is 1. The lowest BCUT2D eigenvalue weighted by Gasteiger charge is -2.26. The molecule has 2 unspecified atom stereocenters. The van der Waals surface area contributed by atoms with Gasteiger partial charge in [-0.15, -0.1) is 0 Å². The average molecular weight is 259 g/mol. The maximum Gasteiger partial charge on any atom is 0.0995 e. The molecule has 1 fully saturated rings. The lowest BCUT2D eigenvalue weighted by atomic mass is 10.1. The molecule has 4 heteroatoms. The Balaban J connectivity index is 2.10. The minimum absolute atomic E-state index is 0.251. The molecule has 0 amide bonds. The van der Waals surface area contributed by atoms with Gasteiger partial charge in [-0.3, -0.25) is 4.90 Å². The van der Waals surface area contributed by atoms with Crippen LogP contribution in [0.15, 0.2) is 24.3 Å². The number of rotatable bonds is 4. The molecule has 2 rings (SSSR count). The van der Waals surface area contributed by atoms with Crippen LogP contribution in [0.1, 0.15) is 17.5 Å². The maximum absolute atomic E-state index is 9.86. The van der Waals surface area contributed by atoms with Crippen LogP contribution in [-0.4, -0.2) is 54.2 Å². The van der Waals surface area contributed by atoms with Gasteiger partial charge in [-0.25, -0.2) is 0 Å². The highest BCUT2D eigenvalue weighted by Gasteiger charge is 2.31. The third-order valence-electron chi connectivity index (χ3n) is 3.59. The first-order chi connectivity index (χ1) is 9.10. The van der Waals surface area contributed by atoms with Crippen molar-refractivity contribution in [1.82, 2.24) is 9.80 Å². The second kappa shape index (κ2) is 6.16. The minimum atomic E-state index is -0.251. The first-order valence-corrected chi connectivity index (χ1v) is 6.65. The fourth-order valence-electron chi connectivity index (χ4n) is 2.75. The van der Waals surface area contributed by atoms with Gasteiger partial charge in [0, 0.05) is 25.7 Å². The highest BCUT2D eigenvalue weighted by atomic mass is 16.3. The van der Waals surface area contributed by atoms with Gasteiger partial charge in [0.05, 0.1) is 17.7 Å². The molecule has 1 aliphatic heterocycles. The van der Waals surface area contributed by atoms with E-state index in [1.165, 1.54) is 0 Å². The molecular formula is C15H21N3O. The normalized spacial score (nSPS) is 23.7. The topological polar surface area (TPSA) is 50.5 Å². The fourth-order valence-corrected chi connectivity index (χ4v) is 2.75. The lowest BCUT2D eigenvalue weighted by molar-refractivity contribution is 0.169. The first kappa shape index (κ1) is 14.0. The van der Waals surface area contributed by atoms with Crippen LogP contribution in [0.4, 0.5) is 0 Å². The highest BCUT2D eigenvalue weighted by molar-refractivity contribution is 5.37. The Kier molecular flexibility index (Phi) is 4.54. The predicted molar refractivity (Wildman–Crippen MR) is 74.5 cm³/mol. The zero-order valence-electron chi connectivity index (χ0n) is 11.6. The van der Waals surface area contributed by atoms with Crippen molar-refractivity contribution in [2.45, 2.75) is 25.1 Å². The number of β-amino-alcohol motifs (C(OH)–C–C–N with tert-alkyl or cyclic N) is 1. The number of hydrogen-bond donors (Lipinski definition) is 1. The summed E-state index contributed by atoms with van der Waals surface area (Å²) in [4.78, 5) is 4.42. The summed E-state index contributed by atoms with van der Waals surface area (Å²) in [6.07, 6.45) is 0.562. The van der Waals surface area contributed by atoms with Crippen molar-refractivity contribution >= 4 is 0 Å². The SMILES string of the molecule is CN(C)CC1CC(O)CN1Cc1ccccc1C#N. The monoisotopic (exact) mass is 259 g/mol. The standard InChI is InChI=1S/C15H21N3O/c1-17(2)10-14-7-15(19)11-18(14)9-13-6-4-3-5-12(13)8-16/h3-6,14-15,19H,7,9-11H2,1-2H3. The van der Waals surface area contributed by atoms with Crippen LogP contribution in [0.3, 0.4) is 0 Å². The Morgan fingerprint density at radius 3 is 2.84 bits per heavy atom. The van der Waals surface area contributed by atoms with Crippen LogP contribution in [0, 0.1) is 11.3 Å². The van der Waals surface area contributed by atoms with Crippen LogP contribution in [0.25, 0.3) is 0 Å². The molecule has 1 saturated heterocycles. The summed E-state index contributed by atoms with van der Waals surface area (Å²) in [5.41, 5.74) is 1.77. The highest BCUT2D eigenvalue weighted by Crippen LogP contribution is 2.22. The van der Waals surface area contributed by atoms with Crippen LogP contribution in [-0.2, 0) is 6.54 Å². The molecule has 102 valence electrons. The van der Waals surface area contributed by atoms with Gasteiger partial charge in [-0.2, -0.15) is 5.26 Å². The average Bonchev–Trinajstić information content (AvgIpc) is 2.69. The van der Waals surface area contributed by atoms with Crippen LogP contribution in [0.2, 0.25) is 0 Å². The van der Waals surface area contributed by atoms with Crippen molar-refractivity contribution in [3.05, 3.63) is 35.4 Å². The molecule has 1 aromatic carbocycles. The molecule has 1 aromatic rings. The van der Waals surface area contributed by atoms with Crippen molar-refractivity contribution in [3.63, 3.8) is 0 Å². The van der Waals surface area contributed by atoms with Gasteiger partial charge in [-0.05, 0) is 32.1 Å². The van der Waals surface area contributed by atoms with Gasteiger partial charge >= 0.3 is 0 Å². The van der Waals surface area contributed by atoms with E-state index in [1.807, 2.05) is 38.4 Å². The summed E-state index contributed by atoms with van der Waals surface area (Å²) in [6, 6.07) is 10.3. The Labute approximate surface area is 114 Å². The third kappa shape index (κ3) is 3.54. The Bertz CT molecular complexity index is 467. The molecule has 0 bridgehead atoms. The Hall–Kier alpha value is -1.41. The number of hydrogen-bond acceptors (Lipinski definition) is 4. The van der Waals surface area contributed by atoms with E-state index < -0.39 is 0 Å². The maximum atomic E-state index is 9.86. The first-order valence-electron chi connectivity index (χ1n) is 6.65. The smallest absolute Gasteiger partial charge is 0.0995 e. The molecule has 0 aliphatic carbocycles. The molecule has 0 aromatic heterocycles. The van der Waals surface area contributed by atoms with E-state index in [4.69, 9.17) is 5.26 Å². The summed E-state index contributed by atoms with van der Waals surface area (Å²) >= 11 is 0. The molecule has 4 nitrogen and oxygen atoms in total. The summed E-state index contributed by atoms with van der Waals surface area (Å²) in [6.45, 7) is 2.36. The second-order valence-electron chi connectivity index (χ2n) is 5.50. The van der Waals surface area contributed by atoms with E-state index in [1.54, 1.807) is 0 Å². The van der Waals surface area contributed by atoms with Crippen LogP contribution in [0.5, 0.6) is 0 Å². The van der Waals surface area contributed by atoms with Crippen molar-refractivity contribution in [2.24, 2.45) is 0 Å². The Morgan fingerprint density at radius 2 is 2.16 bits per heavy atom. The van der Waals surface area contributed by atoms with Gasteiger partial charge in [0.1, 0.15) is 0 Å². The molecule has 0 saturated carbocycles. The van der Waals surface area contributed by atoms with Gasteiger partial charge in [-0.1, -0.05) is 18.2 Å². The van der Waals surface area contributed by atoms with E-state index in [2.05, 4.69) is 15.9 Å². The number of likely N-dealkylation sites (tertiary alicyclic amines) is 1. The molecule has 0 radical (unpaired) electrons. The number of benzene rings is 1. The second-order valence-corrected chi connectivity index (χ2v) is 5.50. The van der Waals surface area contributed by atoms with Crippen molar-refractivity contribution < 1.29 is 5.11 Å². The van der Waals surface area contributed by atoms with Crippen LogP contribution < -0.4 is 0 Å². The summed E-state index contributed by atoms with van der Waals surface area (Å²) < 4.78 is 0. The van der Waals surface area contributed by atoms with Gasteiger partial charge < -0.3 is 10.0 Å². The van der Waals surface area contributed by atoms with Gasteiger partial charge in [0.25, 0.3) is 0 Å². The summed E-state index contributed by atoms with van der Waals surface area (Å²) in [5, 5.41) is 19.0. The number of nitriles is 1. The molecule has 1 heterocycles. The Morgan fingerprint density at radius 1 is 1.42 bits per heavy atom. The largest absolute Gasteiger partial charge is 0.392 e. The molecule has 2 atom stereocenters. The number of nitrogens with zero attached hydrogens (tertiary/aromatic N) is 3. The summed E-state index contributed by atoms with van der Waals surface area (Å²) in [7, 11) is 4.10. The summed E-state index contributed by atoms with van der Waals surface area (Å²) in [5.74, 6) is 0. The molecule has 1 N–H and O–H groups in total. The quantitative estimate of drug-likeness (QED) is 0.878. The van der Waals surface area contributed by atoms with E-state index in [-0.39, 0.29) is 6.10 Å². The molecule has 1 aliphatic rings. The van der Waals surface area contributed by atoms with Gasteiger partial charge in [0.15, 0.2) is 0 Å². The third-order valence-corrected chi connectivity index (χ3v) is 3.59. The van der Waals surface area contributed by atoms with Crippen molar-refractivity contribution in [1.29, 1.82) is 5.26 Å². The van der Waals surface area contributed by atoms with E-state index in [9.17, 15) is 5.11 Å². The predicted octanol–water partition coefficient (Wildman–Crippen LogP) is 1.06. The lowest BCUT2D eigenvalue weighted by Crippen LogP contribution is -2.37. The van der Waals surface area contributed by atoms with E-state index in [0.29, 0.717) is 12.6 Å². The van der Waals surface area contributed by atoms with E-state index in [0.717, 1.165) is 30.6 Å². The molecule has 19 heavy (non-hydrogen) atoms. The molecular weight excluding hydrogens is 238 g/mol. The zero-order valence-corrected chi connectivity index (χ0v) is 11.6. The van der Waals surface area contributed by atoms with Crippen molar-refractivity contribution in [3.8, 4) is 6.07 Å². The fraction of sp³-hybridized carbons (Fsp3) is 0.533. The molecule has 0 spiro atoms. The van der Waals surface area contributed by atoms with E-state index >= 15 is 0 Å². The zero-order chi connectivity index (χ0) is 13.8.